The van der Waals surface area contributed by atoms with E-state index in [2.05, 4.69) is 18.7 Å². The summed E-state index contributed by atoms with van der Waals surface area (Å²) < 4.78 is 0. The predicted molar refractivity (Wildman–Crippen MR) is 60.9 cm³/mol. The van der Waals surface area contributed by atoms with Gasteiger partial charge in [-0.25, -0.2) is 0 Å². The summed E-state index contributed by atoms with van der Waals surface area (Å²) in [6, 6.07) is 0.442. The average Bonchev–Trinajstić information content (AvgIpc) is 2.18. The largest absolute Gasteiger partial charge is 0.480 e. The lowest BCUT2D eigenvalue weighted by atomic mass is 9.92. The third-order valence-corrected chi connectivity index (χ3v) is 3.40. The highest BCUT2D eigenvalue weighted by atomic mass is 16.4. The molecular weight excluding hydrogens is 190 g/mol. The molecule has 0 aromatic carbocycles. The Morgan fingerprint density at radius 3 is 2.13 bits per heavy atom. The highest BCUT2D eigenvalue weighted by molar-refractivity contribution is 5.73. The van der Waals surface area contributed by atoms with E-state index in [1.807, 2.05) is 0 Å². The monoisotopic (exact) mass is 213 g/mol. The van der Waals surface area contributed by atoms with Crippen LogP contribution in [0.1, 0.15) is 52.9 Å². The fourth-order valence-electron chi connectivity index (χ4n) is 2.69. The highest BCUT2D eigenvalue weighted by Gasteiger charge is 2.30. The maximum absolute atomic E-state index is 11.0. The maximum Gasteiger partial charge on any atom is 0.320 e. The number of hydrogen-bond donors (Lipinski definition) is 1. The van der Waals surface area contributed by atoms with Gasteiger partial charge < -0.3 is 5.11 Å². The fourth-order valence-corrected chi connectivity index (χ4v) is 2.69. The zero-order chi connectivity index (χ0) is 11.4. The second-order valence-electron chi connectivity index (χ2n) is 4.85. The molecule has 0 saturated heterocycles. The van der Waals surface area contributed by atoms with Crippen LogP contribution >= 0.6 is 0 Å². The Kier molecular flexibility index (Phi) is 4.58. The number of rotatable bonds is 4. The minimum atomic E-state index is -0.700. The molecule has 3 heteroatoms. The van der Waals surface area contributed by atoms with Crippen LogP contribution in [0, 0.1) is 0 Å². The Morgan fingerprint density at radius 2 is 1.73 bits per heavy atom. The number of carbonyl (C=O) groups is 1. The van der Waals surface area contributed by atoms with Gasteiger partial charge in [0.2, 0.25) is 0 Å². The number of hydrogen-bond acceptors (Lipinski definition) is 2. The normalized spacial score (nSPS) is 20.9. The minimum Gasteiger partial charge on any atom is -0.480 e. The molecule has 88 valence electrons. The van der Waals surface area contributed by atoms with Crippen LogP contribution in [0.4, 0.5) is 0 Å². The molecule has 0 radical (unpaired) electrons. The summed E-state index contributed by atoms with van der Waals surface area (Å²) >= 11 is 0. The molecule has 0 unspecified atom stereocenters. The molecule has 1 saturated carbocycles. The van der Waals surface area contributed by atoms with E-state index in [9.17, 15) is 4.79 Å². The molecule has 0 bridgehead atoms. The molecule has 0 aromatic heterocycles. The molecule has 1 fully saturated rings. The Balaban J connectivity index is 2.67. The Hall–Kier alpha value is -0.570. The summed E-state index contributed by atoms with van der Waals surface area (Å²) in [5.41, 5.74) is 0. The zero-order valence-electron chi connectivity index (χ0n) is 10.1. The molecule has 0 aliphatic heterocycles. The fraction of sp³-hybridized carbons (Fsp3) is 0.917. The van der Waals surface area contributed by atoms with Gasteiger partial charge in [-0.3, -0.25) is 9.69 Å². The first kappa shape index (κ1) is 12.5. The molecule has 0 aromatic rings. The van der Waals surface area contributed by atoms with Crippen molar-refractivity contribution in [1.82, 2.24) is 4.90 Å². The Morgan fingerprint density at radius 1 is 1.20 bits per heavy atom. The van der Waals surface area contributed by atoms with E-state index in [4.69, 9.17) is 5.11 Å². The van der Waals surface area contributed by atoms with Gasteiger partial charge in [0.05, 0.1) is 0 Å². The standard InChI is InChI=1S/C12H23NO2/c1-9(2)13(10(3)12(14)15)11-7-5-4-6-8-11/h9-11H,4-8H2,1-3H3,(H,14,15)/t10-/m0/s1. The van der Waals surface area contributed by atoms with Crippen LogP contribution in [0.3, 0.4) is 0 Å². The molecule has 15 heavy (non-hydrogen) atoms. The number of aliphatic carboxylic acids is 1. The Labute approximate surface area is 92.5 Å². The van der Waals surface area contributed by atoms with Gasteiger partial charge in [0.25, 0.3) is 0 Å². The number of carboxylic acid groups (broad SMARTS) is 1. The molecule has 3 nitrogen and oxygen atoms in total. The zero-order valence-corrected chi connectivity index (χ0v) is 10.1. The van der Waals surface area contributed by atoms with Crippen LogP contribution in [-0.2, 0) is 4.79 Å². The van der Waals surface area contributed by atoms with E-state index >= 15 is 0 Å². The quantitative estimate of drug-likeness (QED) is 0.780. The van der Waals surface area contributed by atoms with Gasteiger partial charge in [0, 0.05) is 12.1 Å². The predicted octanol–water partition coefficient (Wildman–Crippen LogP) is 2.50. The summed E-state index contributed by atoms with van der Waals surface area (Å²) in [4.78, 5) is 13.2. The van der Waals surface area contributed by atoms with E-state index in [-0.39, 0.29) is 6.04 Å². The lowest BCUT2D eigenvalue weighted by molar-refractivity contribution is -0.144. The van der Waals surface area contributed by atoms with E-state index in [1.165, 1.54) is 19.3 Å². The van der Waals surface area contributed by atoms with Crippen molar-refractivity contribution >= 4 is 5.97 Å². The van der Waals surface area contributed by atoms with Crippen molar-refractivity contribution in [2.45, 2.75) is 71.0 Å². The van der Waals surface area contributed by atoms with Gasteiger partial charge >= 0.3 is 5.97 Å². The third-order valence-electron chi connectivity index (χ3n) is 3.40. The van der Waals surface area contributed by atoms with Crippen LogP contribution in [-0.4, -0.2) is 34.1 Å². The molecule has 0 heterocycles. The van der Waals surface area contributed by atoms with Crippen LogP contribution in [0.15, 0.2) is 0 Å². The van der Waals surface area contributed by atoms with Crippen LogP contribution in [0.5, 0.6) is 0 Å². The van der Waals surface area contributed by atoms with Crippen molar-refractivity contribution in [1.29, 1.82) is 0 Å². The van der Waals surface area contributed by atoms with Crippen molar-refractivity contribution in [3.05, 3.63) is 0 Å². The second-order valence-corrected chi connectivity index (χ2v) is 4.85. The molecule has 1 atom stereocenters. The SMILES string of the molecule is CC(C)N(C1CCCCC1)[C@@H](C)C(=O)O. The summed E-state index contributed by atoms with van der Waals surface area (Å²) in [5.74, 6) is -0.700. The van der Waals surface area contributed by atoms with Crippen LogP contribution in [0.25, 0.3) is 0 Å². The molecule has 1 aliphatic rings. The lowest BCUT2D eigenvalue weighted by Gasteiger charge is -2.39. The van der Waals surface area contributed by atoms with Gasteiger partial charge in [-0.2, -0.15) is 0 Å². The minimum absolute atomic E-state index is 0.319. The topological polar surface area (TPSA) is 40.5 Å². The first-order valence-corrected chi connectivity index (χ1v) is 6.04. The number of nitrogens with zero attached hydrogens (tertiary/aromatic N) is 1. The van der Waals surface area contributed by atoms with Gasteiger partial charge in [0.1, 0.15) is 6.04 Å². The van der Waals surface area contributed by atoms with Crippen molar-refractivity contribution in [2.75, 3.05) is 0 Å². The van der Waals surface area contributed by atoms with E-state index < -0.39 is 5.97 Å². The number of carboxylic acids is 1. The summed E-state index contributed by atoms with van der Waals surface area (Å²) in [7, 11) is 0. The molecule has 1 rings (SSSR count). The third kappa shape index (κ3) is 3.20. The van der Waals surface area contributed by atoms with Gasteiger partial charge in [0.15, 0.2) is 0 Å². The first-order chi connectivity index (χ1) is 7.04. The van der Waals surface area contributed by atoms with Gasteiger partial charge in [-0.1, -0.05) is 19.3 Å². The smallest absolute Gasteiger partial charge is 0.320 e. The molecular formula is C12H23NO2. The van der Waals surface area contributed by atoms with Crippen LogP contribution in [0.2, 0.25) is 0 Å². The maximum atomic E-state index is 11.0. The van der Waals surface area contributed by atoms with Crippen molar-refractivity contribution in [3.8, 4) is 0 Å². The van der Waals surface area contributed by atoms with Crippen molar-refractivity contribution < 1.29 is 9.90 Å². The lowest BCUT2D eigenvalue weighted by Crippen LogP contribution is -2.50. The van der Waals surface area contributed by atoms with Gasteiger partial charge in [-0.05, 0) is 33.6 Å². The van der Waals surface area contributed by atoms with Gasteiger partial charge in [-0.15, -0.1) is 0 Å². The van der Waals surface area contributed by atoms with Crippen LogP contribution < -0.4 is 0 Å². The van der Waals surface area contributed by atoms with Crippen molar-refractivity contribution in [2.24, 2.45) is 0 Å². The molecule has 0 spiro atoms. The summed E-state index contributed by atoms with van der Waals surface area (Å²) in [5, 5.41) is 9.09. The summed E-state index contributed by atoms with van der Waals surface area (Å²) in [6.45, 7) is 5.99. The van der Waals surface area contributed by atoms with E-state index in [1.54, 1.807) is 6.92 Å². The second kappa shape index (κ2) is 5.50. The molecule has 1 aliphatic carbocycles. The first-order valence-electron chi connectivity index (χ1n) is 6.04. The summed E-state index contributed by atoms with van der Waals surface area (Å²) in [6.07, 6.45) is 6.13. The van der Waals surface area contributed by atoms with E-state index in [0.717, 1.165) is 12.8 Å². The Bertz CT molecular complexity index is 210. The van der Waals surface area contributed by atoms with E-state index in [0.29, 0.717) is 12.1 Å². The van der Waals surface area contributed by atoms with Crippen molar-refractivity contribution in [3.63, 3.8) is 0 Å². The highest BCUT2D eigenvalue weighted by Crippen LogP contribution is 2.25. The average molecular weight is 213 g/mol. The molecule has 0 amide bonds. The molecule has 1 N–H and O–H groups in total.